The van der Waals surface area contributed by atoms with Crippen molar-refractivity contribution in [3.05, 3.63) is 62.7 Å². The molecule has 1 amide bonds. The lowest BCUT2D eigenvalue weighted by atomic mass is 10.0. The molecule has 5 nitrogen and oxygen atoms in total. The van der Waals surface area contributed by atoms with Crippen molar-refractivity contribution in [3.8, 4) is 23.0 Å². The number of aromatic nitrogens is 1. The van der Waals surface area contributed by atoms with Crippen molar-refractivity contribution in [1.82, 2.24) is 9.88 Å². The number of guanidine groups is 1. The van der Waals surface area contributed by atoms with Gasteiger partial charge in [-0.1, -0.05) is 18.1 Å². The smallest absolute Gasteiger partial charge is 0.232 e. The topological polar surface area (TPSA) is 71.6 Å². The number of hydrogen-bond acceptors (Lipinski definition) is 6. The standard InChI is InChI=1S/C21H18N4OS2/c1-2-4-14-5-3-6-15(9-14)16-10-18(28-13-16)17-11-20(26)25(21(22)24-17)12-19-23-7-8-27-19/h3,5-10,13,17H,11-12H2,1H3,(H2,22,24)/t17-/m0/s1. The zero-order valence-electron chi connectivity index (χ0n) is 15.3. The average Bonchev–Trinajstić information content (AvgIpc) is 3.37. The fourth-order valence-electron chi connectivity index (χ4n) is 3.08. The van der Waals surface area contributed by atoms with Crippen LogP contribution in [0.3, 0.4) is 0 Å². The Bertz CT molecular complexity index is 1090. The molecule has 1 aromatic carbocycles. The Balaban J connectivity index is 1.55. The number of aliphatic imine (C=N–C) groups is 1. The van der Waals surface area contributed by atoms with E-state index >= 15 is 0 Å². The molecule has 7 heteroatoms. The highest BCUT2D eigenvalue weighted by atomic mass is 32.1. The van der Waals surface area contributed by atoms with Gasteiger partial charge in [-0.3, -0.25) is 9.69 Å². The highest BCUT2D eigenvalue weighted by Crippen LogP contribution is 2.35. The molecule has 0 aliphatic carbocycles. The van der Waals surface area contributed by atoms with Crippen LogP contribution < -0.4 is 5.73 Å². The minimum atomic E-state index is -0.239. The van der Waals surface area contributed by atoms with Gasteiger partial charge >= 0.3 is 0 Å². The van der Waals surface area contributed by atoms with Gasteiger partial charge in [-0.2, -0.15) is 0 Å². The summed E-state index contributed by atoms with van der Waals surface area (Å²) in [6.07, 6.45) is 2.03. The van der Waals surface area contributed by atoms with Crippen molar-refractivity contribution in [3.63, 3.8) is 0 Å². The minimum Gasteiger partial charge on any atom is -0.369 e. The van der Waals surface area contributed by atoms with E-state index in [2.05, 4.69) is 45.4 Å². The SMILES string of the molecule is CC#Cc1cccc(-c2csc([C@@H]3CC(=O)N(Cc4nccs4)C(N)=N3)c2)c1. The van der Waals surface area contributed by atoms with Crippen LogP contribution in [0.15, 0.2) is 52.3 Å². The Morgan fingerprint density at radius 1 is 1.29 bits per heavy atom. The largest absolute Gasteiger partial charge is 0.369 e. The lowest BCUT2D eigenvalue weighted by Gasteiger charge is -2.27. The van der Waals surface area contributed by atoms with Crippen LogP contribution in [-0.4, -0.2) is 21.8 Å². The summed E-state index contributed by atoms with van der Waals surface area (Å²) < 4.78 is 0. The fourth-order valence-corrected chi connectivity index (χ4v) is 4.64. The highest BCUT2D eigenvalue weighted by Gasteiger charge is 2.29. The zero-order valence-corrected chi connectivity index (χ0v) is 16.9. The summed E-state index contributed by atoms with van der Waals surface area (Å²) in [5, 5.41) is 4.82. The summed E-state index contributed by atoms with van der Waals surface area (Å²) in [5.41, 5.74) is 9.30. The predicted octanol–water partition coefficient (Wildman–Crippen LogP) is 4.03. The molecule has 0 radical (unpaired) electrons. The van der Waals surface area contributed by atoms with Crippen LogP contribution in [-0.2, 0) is 11.3 Å². The van der Waals surface area contributed by atoms with Crippen molar-refractivity contribution in [2.45, 2.75) is 25.9 Å². The number of carbonyl (C=O) groups is 1. The second kappa shape index (κ2) is 7.97. The molecule has 4 rings (SSSR count). The maximum Gasteiger partial charge on any atom is 0.232 e. The van der Waals surface area contributed by atoms with Crippen LogP contribution in [0.2, 0.25) is 0 Å². The summed E-state index contributed by atoms with van der Waals surface area (Å²) in [4.78, 5) is 24.0. The Morgan fingerprint density at radius 2 is 2.18 bits per heavy atom. The molecular formula is C21H18N4OS2. The van der Waals surface area contributed by atoms with E-state index in [0.29, 0.717) is 13.0 Å². The normalized spacial score (nSPS) is 16.5. The van der Waals surface area contributed by atoms with Gasteiger partial charge in [0.05, 0.1) is 19.0 Å². The minimum absolute atomic E-state index is 0.0251. The van der Waals surface area contributed by atoms with Gasteiger partial charge in [-0.15, -0.1) is 28.6 Å². The molecule has 2 aromatic heterocycles. The molecule has 0 bridgehead atoms. The number of thiazole rings is 1. The van der Waals surface area contributed by atoms with Crippen LogP contribution in [0.25, 0.3) is 11.1 Å². The molecular weight excluding hydrogens is 388 g/mol. The van der Waals surface area contributed by atoms with Gasteiger partial charge in [-0.05, 0) is 41.6 Å². The lowest BCUT2D eigenvalue weighted by molar-refractivity contribution is -0.128. The number of nitrogens with zero attached hydrogens (tertiary/aromatic N) is 3. The summed E-state index contributed by atoms with van der Waals surface area (Å²) in [5.74, 6) is 6.24. The second-order valence-electron chi connectivity index (χ2n) is 6.31. The highest BCUT2D eigenvalue weighted by molar-refractivity contribution is 7.10. The average molecular weight is 407 g/mol. The number of hydrogen-bond donors (Lipinski definition) is 1. The van der Waals surface area contributed by atoms with Crippen molar-refractivity contribution in [2.24, 2.45) is 10.7 Å². The number of benzene rings is 1. The Labute approximate surface area is 171 Å². The lowest BCUT2D eigenvalue weighted by Crippen LogP contribution is -2.45. The summed E-state index contributed by atoms with van der Waals surface area (Å²) in [7, 11) is 0. The van der Waals surface area contributed by atoms with Crippen LogP contribution in [0.1, 0.15) is 34.8 Å². The van der Waals surface area contributed by atoms with Crippen LogP contribution >= 0.6 is 22.7 Å². The predicted molar refractivity (Wildman–Crippen MR) is 114 cm³/mol. The number of carbonyl (C=O) groups excluding carboxylic acids is 1. The molecule has 1 atom stereocenters. The quantitative estimate of drug-likeness (QED) is 0.665. The fraction of sp³-hybridized carbons (Fsp3) is 0.190. The zero-order chi connectivity index (χ0) is 19.5. The number of amides is 1. The van der Waals surface area contributed by atoms with Gasteiger partial charge in [0.2, 0.25) is 5.91 Å². The third kappa shape index (κ3) is 3.84. The molecule has 0 fully saturated rings. The monoisotopic (exact) mass is 406 g/mol. The number of thiophene rings is 1. The van der Waals surface area contributed by atoms with E-state index in [4.69, 9.17) is 5.73 Å². The van der Waals surface area contributed by atoms with Crippen LogP contribution in [0.5, 0.6) is 0 Å². The molecule has 28 heavy (non-hydrogen) atoms. The Kier molecular flexibility index (Phi) is 5.24. The first-order valence-electron chi connectivity index (χ1n) is 8.77. The van der Waals surface area contributed by atoms with Crippen molar-refractivity contribution in [1.29, 1.82) is 0 Å². The first-order chi connectivity index (χ1) is 13.6. The molecule has 0 saturated carbocycles. The third-order valence-corrected chi connectivity index (χ3v) is 6.22. The van der Waals surface area contributed by atoms with Crippen molar-refractivity contribution < 1.29 is 4.79 Å². The van der Waals surface area contributed by atoms with Crippen molar-refractivity contribution >= 4 is 34.5 Å². The Morgan fingerprint density at radius 3 is 2.93 bits per heavy atom. The van der Waals surface area contributed by atoms with Gasteiger partial charge in [0.1, 0.15) is 5.01 Å². The molecule has 2 N–H and O–H groups in total. The van der Waals surface area contributed by atoms with E-state index in [1.54, 1.807) is 17.5 Å². The van der Waals surface area contributed by atoms with Gasteiger partial charge in [0.15, 0.2) is 5.96 Å². The van der Waals surface area contributed by atoms with Crippen LogP contribution in [0.4, 0.5) is 0 Å². The first-order valence-corrected chi connectivity index (χ1v) is 10.5. The summed E-state index contributed by atoms with van der Waals surface area (Å²) in [6.45, 7) is 2.20. The van der Waals surface area contributed by atoms with E-state index < -0.39 is 0 Å². The molecule has 1 aliphatic heterocycles. The van der Waals surface area contributed by atoms with Gasteiger partial charge in [0, 0.05) is 22.0 Å². The van der Waals surface area contributed by atoms with Gasteiger partial charge < -0.3 is 5.73 Å². The van der Waals surface area contributed by atoms with E-state index in [1.165, 1.54) is 16.2 Å². The van der Waals surface area contributed by atoms with Gasteiger partial charge in [0.25, 0.3) is 0 Å². The second-order valence-corrected chi connectivity index (χ2v) is 8.23. The first kappa shape index (κ1) is 18.4. The van der Waals surface area contributed by atoms with Crippen molar-refractivity contribution in [2.75, 3.05) is 0 Å². The molecule has 3 aromatic rings. The molecule has 0 spiro atoms. The van der Waals surface area contributed by atoms with Gasteiger partial charge in [-0.25, -0.2) is 9.98 Å². The molecule has 0 unspecified atom stereocenters. The third-order valence-electron chi connectivity index (χ3n) is 4.42. The number of rotatable bonds is 4. The molecule has 1 aliphatic rings. The van der Waals surface area contributed by atoms with E-state index in [0.717, 1.165) is 26.6 Å². The molecule has 0 saturated heterocycles. The molecule has 140 valence electrons. The molecule has 3 heterocycles. The number of nitrogens with two attached hydrogens (primary N) is 1. The van der Waals surface area contributed by atoms with E-state index in [-0.39, 0.29) is 17.9 Å². The maximum atomic E-state index is 12.6. The summed E-state index contributed by atoms with van der Waals surface area (Å²) >= 11 is 3.10. The summed E-state index contributed by atoms with van der Waals surface area (Å²) in [6, 6.07) is 9.98. The Hall–Kier alpha value is -2.95. The van der Waals surface area contributed by atoms with Crippen LogP contribution in [0, 0.1) is 11.8 Å². The maximum absolute atomic E-state index is 12.6. The van der Waals surface area contributed by atoms with E-state index in [9.17, 15) is 4.79 Å². The van der Waals surface area contributed by atoms with E-state index in [1.807, 2.05) is 24.4 Å².